The van der Waals surface area contributed by atoms with E-state index in [1.165, 1.54) is 0 Å². The number of amides is 1. The summed E-state index contributed by atoms with van der Waals surface area (Å²) >= 11 is 0. The van der Waals surface area contributed by atoms with Gasteiger partial charge in [-0.25, -0.2) is 4.98 Å². The van der Waals surface area contributed by atoms with Crippen LogP contribution in [0, 0.1) is 0 Å². The maximum atomic E-state index is 12.6. The second-order valence-corrected chi connectivity index (χ2v) is 6.33. The van der Waals surface area contributed by atoms with Gasteiger partial charge in [0.25, 0.3) is 0 Å². The Morgan fingerprint density at radius 2 is 1.89 bits per heavy atom. The molecule has 142 valence electrons. The topological polar surface area (TPSA) is 65.4 Å². The van der Waals surface area contributed by atoms with Gasteiger partial charge >= 0.3 is 0 Å². The number of para-hydroxylation sites is 3. The van der Waals surface area contributed by atoms with E-state index < -0.39 is 0 Å². The molecule has 6 heteroatoms. The van der Waals surface area contributed by atoms with E-state index in [0.717, 1.165) is 29.0 Å². The molecular weight excluding hydrogens is 342 g/mol. The fourth-order valence-electron chi connectivity index (χ4n) is 2.96. The fourth-order valence-corrected chi connectivity index (χ4v) is 2.96. The minimum atomic E-state index is -0.0667. The summed E-state index contributed by atoms with van der Waals surface area (Å²) < 4.78 is 12.9. The molecule has 0 aliphatic carbocycles. The van der Waals surface area contributed by atoms with E-state index in [4.69, 9.17) is 9.47 Å². The summed E-state index contributed by atoms with van der Waals surface area (Å²) in [6.45, 7) is 3.00. The lowest BCUT2D eigenvalue weighted by Crippen LogP contribution is -2.39. The van der Waals surface area contributed by atoms with E-state index in [1.54, 1.807) is 7.11 Å². The zero-order valence-electron chi connectivity index (χ0n) is 15.7. The normalized spacial score (nSPS) is 12.1. The third kappa shape index (κ3) is 4.86. The number of benzene rings is 2. The maximum Gasteiger partial charge on any atom is 0.240 e. The van der Waals surface area contributed by atoms with E-state index in [1.807, 2.05) is 66.1 Å². The maximum absolute atomic E-state index is 12.6. The number of hydrogen-bond acceptors (Lipinski definition) is 4. The van der Waals surface area contributed by atoms with Crippen molar-refractivity contribution >= 4 is 16.9 Å². The lowest BCUT2D eigenvalue weighted by atomic mass is 10.2. The molecule has 0 fully saturated rings. The van der Waals surface area contributed by atoms with E-state index in [2.05, 4.69) is 10.3 Å². The average molecular weight is 367 g/mol. The van der Waals surface area contributed by atoms with E-state index in [-0.39, 0.29) is 18.5 Å². The molecule has 1 N–H and O–H groups in total. The summed E-state index contributed by atoms with van der Waals surface area (Å²) in [5, 5.41) is 3.02. The third-order valence-corrected chi connectivity index (χ3v) is 4.37. The number of carbonyl (C=O) groups is 1. The summed E-state index contributed by atoms with van der Waals surface area (Å²) in [4.78, 5) is 17.2. The van der Waals surface area contributed by atoms with Gasteiger partial charge in [0.2, 0.25) is 5.91 Å². The van der Waals surface area contributed by atoms with Crippen LogP contribution in [0.5, 0.6) is 5.75 Å². The van der Waals surface area contributed by atoms with Crippen molar-refractivity contribution in [3.63, 3.8) is 0 Å². The molecule has 1 amide bonds. The van der Waals surface area contributed by atoms with Crippen LogP contribution in [0.1, 0.15) is 19.2 Å². The van der Waals surface area contributed by atoms with Crippen LogP contribution >= 0.6 is 0 Å². The highest BCUT2D eigenvalue weighted by atomic mass is 16.5. The number of nitrogens with one attached hydrogen (secondary N) is 1. The minimum absolute atomic E-state index is 0.00121. The molecule has 0 bridgehead atoms. The van der Waals surface area contributed by atoms with E-state index in [9.17, 15) is 4.79 Å². The number of rotatable bonds is 9. The highest BCUT2D eigenvalue weighted by Crippen LogP contribution is 2.18. The van der Waals surface area contributed by atoms with Crippen molar-refractivity contribution in [2.75, 3.05) is 13.7 Å². The van der Waals surface area contributed by atoms with Crippen LogP contribution in [0.4, 0.5) is 0 Å². The molecule has 1 unspecified atom stereocenters. The summed E-state index contributed by atoms with van der Waals surface area (Å²) in [5.41, 5.74) is 1.76. The largest absolute Gasteiger partial charge is 0.486 e. The first kappa shape index (κ1) is 18.9. The molecule has 0 saturated heterocycles. The molecule has 0 aliphatic heterocycles. The van der Waals surface area contributed by atoms with Crippen LogP contribution in [0.2, 0.25) is 0 Å². The molecule has 1 aromatic heterocycles. The predicted octanol–water partition coefficient (Wildman–Crippen LogP) is 3.16. The summed E-state index contributed by atoms with van der Waals surface area (Å²) in [7, 11) is 1.64. The van der Waals surface area contributed by atoms with Crippen LogP contribution < -0.4 is 10.1 Å². The molecule has 1 heterocycles. The van der Waals surface area contributed by atoms with Crippen molar-refractivity contribution in [3.05, 3.63) is 60.4 Å². The third-order valence-electron chi connectivity index (χ3n) is 4.37. The Balaban J connectivity index is 1.79. The minimum Gasteiger partial charge on any atom is -0.486 e. The van der Waals surface area contributed by atoms with Gasteiger partial charge in [0.1, 0.15) is 24.7 Å². The molecular formula is C21H25N3O3. The summed E-state index contributed by atoms with van der Waals surface area (Å²) in [6.07, 6.45) is 0.814. The molecule has 0 saturated carbocycles. The fraction of sp³-hybridized carbons (Fsp3) is 0.333. The quantitative estimate of drug-likeness (QED) is 0.631. The van der Waals surface area contributed by atoms with E-state index >= 15 is 0 Å². The number of carbonyl (C=O) groups excluding carboxylic acids is 1. The molecule has 2 aromatic carbocycles. The van der Waals surface area contributed by atoms with Crippen LogP contribution in [-0.4, -0.2) is 35.2 Å². The smallest absolute Gasteiger partial charge is 0.240 e. The Kier molecular flexibility index (Phi) is 6.44. The number of fused-ring (bicyclic) bond motifs is 1. The van der Waals surface area contributed by atoms with Gasteiger partial charge in [0.15, 0.2) is 0 Å². The van der Waals surface area contributed by atoms with Gasteiger partial charge in [0, 0.05) is 7.11 Å². The number of ether oxygens (including phenoxy) is 2. The number of aromatic nitrogens is 2. The highest BCUT2D eigenvalue weighted by Gasteiger charge is 2.16. The first-order chi connectivity index (χ1) is 13.2. The monoisotopic (exact) mass is 367 g/mol. The van der Waals surface area contributed by atoms with Gasteiger partial charge in [-0.2, -0.15) is 0 Å². The van der Waals surface area contributed by atoms with Crippen LogP contribution in [0.25, 0.3) is 11.0 Å². The molecule has 27 heavy (non-hydrogen) atoms. The molecule has 3 aromatic rings. The lowest BCUT2D eigenvalue weighted by molar-refractivity contribution is -0.122. The Labute approximate surface area is 159 Å². The molecule has 6 nitrogen and oxygen atoms in total. The van der Waals surface area contributed by atoms with Crippen molar-refractivity contribution in [2.45, 2.75) is 32.5 Å². The van der Waals surface area contributed by atoms with Gasteiger partial charge < -0.3 is 19.4 Å². The number of methoxy groups -OCH3 is 1. The Hall–Kier alpha value is -2.86. The highest BCUT2D eigenvalue weighted by molar-refractivity contribution is 5.81. The SMILES string of the molecule is CCC(COC)NC(=O)Cn1c(COc2ccccc2)nc2ccccc21. The molecule has 1 atom stereocenters. The number of hydrogen-bond donors (Lipinski definition) is 1. The number of nitrogens with zero attached hydrogens (tertiary/aromatic N) is 2. The van der Waals surface area contributed by atoms with Gasteiger partial charge in [0.05, 0.1) is 23.7 Å². The molecule has 0 aliphatic rings. The first-order valence-corrected chi connectivity index (χ1v) is 9.11. The Morgan fingerprint density at radius 3 is 2.63 bits per heavy atom. The zero-order chi connectivity index (χ0) is 19.1. The van der Waals surface area contributed by atoms with Crippen LogP contribution in [-0.2, 0) is 22.7 Å². The molecule has 0 radical (unpaired) electrons. The predicted molar refractivity (Wildman–Crippen MR) is 105 cm³/mol. The van der Waals surface area contributed by atoms with Crippen molar-refractivity contribution in [3.8, 4) is 5.75 Å². The molecule has 0 spiro atoms. The average Bonchev–Trinajstić information content (AvgIpc) is 3.04. The van der Waals surface area contributed by atoms with E-state index in [0.29, 0.717) is 13.2 Å². The van der Waals surface area contributed by atoms with Gasteiger partial charge in [-0.3, -0.25) is 4.79 Å². The standard InChI is InChI=1S/C21H25N3O3/c1-3-16(14-26-2)22-21(25)13-24-19-12-8-7-11-18(19)23-20(24)15-27-17-9-5-4-6-10-17/h4-12,16H,3,13-15H2,1-2H3,(H,22,25). The zero-order valence-corrected chi connectivity index (χ0v) is 15.7. The van der Waals surface area contributed by atoms with Crippen LogP contribution in [0.15, 0.2) is 54.6 Å². The van der Waals surface area contributed by atoms with Crippen molar-refractivity contribution in [1.82, 2.24) is 14.9 Å². The molecule has 3 rings (SSSR count). The van der Waals surface area contributed by atoms with Crippen molar-refractivity contribution < 1.29 is 14.3 Å². The van der Waals surface area contributed by atoms with Gasteiger partial charge in [-0.15, -0.1) is 0 Å². The van der Waals surface area contributed by atoms with Crippen molar-refractivity contribution in [2.24, 2.45) is 0 Å². The number of imidazole rings is 1. The first-order valence-electron chi connectivity index (χ1n) is 9.11. The van der Waals surface area contributed by atoms with Gasteiger partial charge in [-0.1, -0.05) is 37.3 Å². The second kappa shape index (κ2) is 9.19. The summed E-state index contributed by atoms with van der Waals surface area (Å²) in [6, 6.07) is 17.4. The lowest BCUT2D eigenvalue weighted by Gasteiger charge is -2.17. The second-order valence-electron chi connectivity index (χ2n) is 6.33. The summed E-state index contributed by atoms with van der Waals surface area (Å²) in [5.74, 6) is 1.42. The Bertz CT molecular complexity index is 877. The Morgan fingerprint density at radius 1 is 1.15 bits per heavy atom. The van der Waals surface area contributed by atoms with Crippen molar-refractivity contribution in [1.29, 1.82) is 0 Å². The van der Waals surface area contributed by atoms with Crippen LogP contribution in [0.3, 0.4) is 0 Å². The van der Waals surface area contributed by atoms with Gasteiger partial charge in [-0.05, 0) is 30.7 Å².